The molecule has 0 saturated heterocycles. The summed E-state index contributed by atoms with van der Waals surface area (Å²) >= 11 is 5.50. The second kappa shape index (κ2) is 9.11. The highest BCUT2D eigenvalue weighted by Gasteiger charge is 2.21. The summed E-state index contributed by atoms with van der Waals surface area (Å²) in [5, 5.41) is 0. The number of halogens is 3. The molecule has 2 rings (SSSR count). The number of carbonyl (C=O) groups excluding carboxylic acids is 2. The third-order valence-electron chi connectivity index (χ3n) is 2.80. The Balaban J connectivity index is 2.03. The largest absolute Gasteiger partial charge is 0.426 e. The molecule has 2 aromatic rings. The molecule has 0 aliphatic rings. The van der Waals surface area contributed by atoms with Gasteiger partial charge in [-0.05, 0) is 104 Å². The van der Waals surface area contributed by atoms with Crippen LogP contribution in [0.2, 0.25) is 0 Å². The van der Waals surface area contributed by atoms with E-state index in [4.69, 9.17) is 9.47 Å². The number of carbonyl (C=O) groups is 2. The van der Waals surface area contributed by atoms with E-state index >= 15 is 0 Å². The Hall–Kier alpha value is -0.520. The average molecular weight is 714 g/mol. The summed E-state index contributed by atoms with van der Waals surface area (Å²) in [5.41, 5.74) is 0. The van der Waals surface area contributed by atoms with Crippen molar-refractivity contribution in [2.24, 2.45) is 0 Å². The molecule has 0 amide bonds. The fraction of sp³-hybridized carbons (Fsp3) is 0.0667. The van der Waals surface area contributed by atoms with Gasteiger partial charge in [-0.25, -0.2) is 0 Å². The van der Waals surface area contributed by atoms with Gasteiger partial charge in [-0.2, -0.15) is 8.42 Å². The lowest BCUT2D eigenvalue weighted by atomic mass is 10.3. The smallest absolute Gasteiger partial charge is 0.322 e. The van der Waals surface area contributed by atoms with Crippen LogP contribution < -0.4 is 9.47 Å². The van der Waals surface area contributed by atoms with E-state index in [2.05, 4.69) is 22.6 Å². The third kappa shape index (κ3) is 6.28. The Bertz CT molecular complexity index is 933. The SMILES string of the molecule is O=C(CC(=O)Oc1cc(I)c(S(=O)(=O)O)c(I)c1)Oc1ccc(I)cc1. The Morgan fingerprint density at radius 2 is 1.35 bits per heavy atom. The van der Waals surface area contributed by atoms with E-state index in [1.807, 2.05) is 0 Å². The first-order valence-corrected chi connectivity index (χ1v) is 11.4. The lowest BCUT2D eigenvalue weighted by Crippen LogP contribution is -2.18. The predicted molar refractivity (Wildman–Crippen MR) is 117 cm³/mol. The van der Waals surface area contributed by atoms with Crippen LogP contribution in [-0.4, -0.2) is 24.9 Å². The molecule has 0 radical (unpaired) electrons. The molecule has 0 aliphatic carbocycles. The molecule has 138 valence electrons. The maximum atomic E-state index is 11.9. The van der Waals surface area contributed by atoms with E-state index in [1.165, 1.54) is 12.1 Å². The molecule has 0 bridgehead atoms. The first-order chi connectivity index (χ1) is 12.1. The van der Waals surface area contributed by atoms with E-state index in [0.717, 1.165) is 3.57 Å². The number of esters is 2. The highest BCUT2D eigenvalue weighted by atomic mass is 127. The number of rotatable bonds is 5. The summed E-state index contributed by atoms with van der Waals surface area (Å²) in [6.07, 6.45) is -0.612. The lowest BCUT2D eigenvalue weighted by molar-refractivity contribution is -0.144. The molecule has 0 saturated carbocycles. The van der Waals surface area contributed by atoms with Gasteiger partial charge in [0.15, 0.2) is 0 Å². The summed E-state index contributed by atoms with van der Waals surface area (Å²) in [7, 11) is -4.40. The van der Waals surface area contributed by atoms with Crippen LogP contribution in [0.1, 0.15) is 6.42 Å². The van der Waals surface area contributed by atoms with Gasteiger partial charge in [0.2, 0.25) is 0 Å². The number of hydrogen-bond donors (Lipinski definition) is 1. The first-order valence-electron chi connectivity index (χ1n) is 6.69. The average Bonchev–Trinajstić information content (AvgIpc) is 2.47. The summed E-state index contributed by atoms with van der Waals surface area (Å²) in [6, 6.07) is 9.25. The van der Waals surface area contributed by atoms with Crippen LogP contribution in [-0.2, 0) is 19.7 Å². The van der Waals surface area contributed by atoms with Crippen molar-refractivity contribution in [2.45, 2.75) is 11.3 Å². The fourth-order valence-electron chi connectivity index (χ4n) is 1.80. The van der Waals surface area contributed by atoms with Gasteiger partial charge in [0.25, 0.3) is 10.1 Å². The molecular formula is C15H9I3O7S. The normalized spacial score (nSPS) is 11.1. The van der Waals surface area contributed by atoms with Gasteiger partial charge in [-0.1, -0.05) is 0 Å². The lowest BCUT2D eigenvalue weighted by Gasteiger charge is -2.09. The second-order valence-corrected chi connectivity index (χ2v) is 9.70. The van der Waals surface area contributed by atoms with E-state index in [-0.39, 0.29) is 17.8 Å². The van der Waals surface area contributed by atoms with E-state index in [9.17, 15) is 22.6 Å². The molecule has 2 aromatic carbocycles. The van der Waals surface area contributed by atoms with Gasteiger partial charge in [0.05, 0.1) is 0 Å². The van der Waals surface area contributed by atoms with Gasteiger partial charge in [0.1, 0.15) is 22.8 Å². The quantitative estimate of drug-likeness (QED) is 0.166. The van der Waals surface area contributed by atoms with E-state index < -0.39 is 28.5 Å². The van der Waals surface area contributed by atoms with Crippen LogP contribution in [0.15, 0.2) is 41.3 Å². The molecule has 0 heterocycles. The van der Waals surface area contributed by atoms with Gasteiger partial charge in [-0.3, -0.25) is 14.1 Å². The molecule has 0 unspecified atom stereocenters. The number of ether oxygens (including phenoxy) is 2. The number of benzene rings is 2. The van der Waals surface area contributed by atoms with Gasteiger partial charge in [0, 0.05) is 10.7 Å². The molecule has 26 heavy (non-hydrogen) atoms. The molecule has 1 N–H and O–H groups in total. The summed E-state index contributed by atoms with van der Waals surface area (Å²) < 4.78 is 43.3. The van der Waals surface area contributed by atoms with Crippen molar-refractivity contribution in [3.8, 4) is 11.5 Å². The van der Waals surface area contributed by atoms with Crippen molar-refractivity contribution in [1.29, 1.82) is 0 Å². The summed E-state index contributed by atoms with van der Waals surface area (Å²) in [6.45, 7) is 0. The Kier molecular flexibility index (Phi) is 7.63. The second-order valence-electron chi connectivity index (χ2n) is 4.77. The van der Waals surface area contributed by atoms with Crippen molar-refractivity contribution >= 4 is 89.8 Å². The molecule has 7 nitrogen and oxygen atoms in total. The van der Waals surface area contributed by atoms with Crippen molar-refractivity contribution in [1.82, 2.24) is 0 Å². The zero-order chi connectivity index (χ0) is 19.5. The molecule has 11 heteroatoms. The van der Waals surface area contributed by atoms with Crippen molar-refractivity contribution in [3.63, 3.8) is 0 Å². The molecule has 0 fully saturated rings. The highest BCUT2D eigenvalue weighted by Crippen LogP contribution is 2.29. The topological polar surface area (TPSA) is 107 Å². The fourth-order valence-corrected chi connectivity index (χ4v) is 6.15. The number of hydrogen-bond acceptors (Lipinski definition) is 6. The summed E-state index contributed by atoms with van der Waals surface area (Å²) in [4.78, 5) is 23.4. The Morgan fingerprint density at radius 1 is 0.885 bits per heavy atom. The minimum Gasteiger partial charge on any atom is -0.426 e. The van der Waals surface area contributed by atoms with Crippen LogP contribution in [0.3, 0.4) is 0 Å². The van der Waals surface area contributed by atoms with Crippen molar-refractivity contribution in [3.05, 3.63) is 47.1 Å². The summed E-state index contributed by atoms with van der Waals surface area (Å²) in [5.74, 6) is -1.27. The van der Waals surface area contributed by atoms with Crippen LogP contribution in [0, 0.1) is 10.7 Å². The van der Waals surface area contributed by atoms with Gasteiger partial charge >= 0.3 is 11.9 Å². The molecule has 0 atom stereocenters. The van der Waals surface area contributed by atoms with Crippen LogP contribution in [0.4, 0.5) is 0 Å². The zero-order valence-electron chi connectivity index (χ0n) is 12.6. The van der Waals surface area contributed by atoms with Crippen LogP contribution >= 0.6 is 67.8 Å². The molecule has 0 spiro atoms. The van der Waals surface area contributed by atoms with E-state index in [1.54, 1.807) is 69.4 Å². The van der Waals surface area contributed by atoms with Crippen molar-refractivity contribution < 1.29 is 32.0 Å². The minimum absolute atomic E-state index is 0.0539. The first kappa shape index (κ1) is 21.8. The van der Waals surface area contributed by atoms with Crippen LogP contribution in [0.25, 0.3) is 0 Å². The van der Waals surface area contributed by atoms with Gasteiger partial charge in [-0.15, -0.1) is 0 Å². The minimum atomic E-state index is -4.40. The molecular weight excluding hydrogens is 705 g/mol. The standard InChI is InChI=1S/C15H9I3O7S/c16-8-1-3-9(4-2-8)24-13(19)7-14(20)25-10-5-11(17)15(12(18)6-10)26(21,22)23/h1-6H,7H2,(H,21,22,23). The van der Waals surface area contributed by atoms with Gasteiger partial charge < -0.3 is 9.47 Å². The zero-order valence-corrected chi connectivity index (χ0v) is 19.9. The maximum absolute atomic E-state index is 11.9. The predicted octanol–water partition coefficient (Wildman–Crippen LogP) is 3.65. The maximum Gasteiger partial charge on any atom is 0.322 e. The Labute approximate surface area is 190 Å². The van der Waals surface area contributed by atoms with Crippen LogP contribution in [0.5, 0.6) is 11.5 Å². The molecule has 0 aromatic heterocycles. The van der Waals surface area contributed by atoms with E-state index in [0.29, 0.717) is 5.75 Å². The Morgan fingerprint density at radius 3 is 1.81 bits per heavy atom. The monoisotopic (exact) mass is 714 g/mol. The molecule has 0 aliphatic heterocycles. The third-order valence-corrected chi connectivity index (χ3v) is 6.90. The highest BCUT2D eigenvalue weighted by molar-refractivity contribution is 14.1. The van der Waals surface area contributed by atoms with Crippen molar-refractivity contribution in [2.75, 3.05) is 0 Å².